The van der Waals surface area contributed by atoms with E-state index in [2.05, 4.69) is 5.10 Å². The maximum absolute atomic E-state index is 13.4. The van der Waals surface area contributed by atoms with E-state index in [1.165, 1.54) is 19.2 Å². The Morgan fingerprint density at radius 3 is 2.80 bits per heavy atom. The zero-order chi connectivity index (χ0) is 14.8. The number of hydrogen-bond donors (Lipinski definition) is 1. The molecular formula is C15H19FN2O2. The lowest BCUT2D eigenvalue weighted by atomic mass is 9.91. The van der Waals surface area contributed by atoms with Gasteiger partial charge in [-0.15, -0.1) is 0 Å². The van der Waals surface area contributed by atoms with E-state index in [1.807, 2.05) is 6.92 Å². The normalized spacial score (nSPS) is 14.1. The van der Waals surface area contributed by atoms with E-state index in [0.717, 1.165) is 6.42 Å². The molecule has 0 aliphatic heterocycles. The van der Waals surface area contributed by atoms with E-state index in [4.69, 9.17) is 4.74 Å². The third kappa shape index (κ3) is 2.54. The molecule has 0 amide bonds. The molecule has 1 aromatic heterocycles. The summed E-state index contributed by atoms with van der Waals surface area (Å²) in [5, 5.41) is 15.1. The van der Waals surface area contributed by atoms with Crippen LogP contribution in [0.1, 0.15) is 31.5 Å². The van der Waals surface area contributed by atoms with Gasteiger partial charge in [0.2, 0.25) is 0 Å². The van der Waals surface area contributed by atoms with Gasteiger partial charge < -0.3 is 9.84 Å². The maximum Gasteiger partial charge on any atom is 0.163 e. The summed E-state index contributed by atoms with van der Waals surface area (Å²) in [6.45, 7) is 4.30. The first-order valence-corrected chi connectivity index (χ1v) is 6.59. The minimum absolute atomic E-state index is 0.386. The lowest BCUT2D eigenvalue weighted by molar-refractivity contribution is 0.0878. The lowest BCUT2D eigenvalue weighted by Crippen LogP contribution is -2.27. The molecule has 0 saturated heterocycles. The van der Waals surface area contributed by atoms with Crippen LogP contribution in [0, 0.1) is 5.82 Å². The van der Waals surface area contributed by atoms with Gasteiger partial charge in [0.15, 0.2) is 5.75 Å². The van der Waals surface area contributed by atoms with E-state index in [1.54, 1.807) is 29.9 Å². The predicted octanol–water partition coefficient (Wildman–Crippen LogP) is 2.70. The average Bonchev–Trinajstić information content (AvgIpc) is 2.83. The quantitative estimate of drug-likeness (QED) is 0.914. The average molecular weight is 278 g/mol. The number of methoxy groups -OCH3 is 1. The fourth-order valence-electron chi connectivity index (χ4n) is 2.32. The first-order chi connectivity index (χ1) is 9.50. The number of rotatable bonds is 5. The van der Waals surface area contributed by atoms with Crippen molar-refractivity contribution in [3.8, 4) is 5.75 Å². The van der Waals surface area contributed by atoms with Crippen LogP contribution in [0.25, 0.3) is 0 Å². The molecule has 20 heavy (non-hydrogen) atoms. The highest BCUT2D eigenvalue weighted by atomic mass is 19.1. The van der Waals surface area contributed by atoms with Crippen LogP contribution in [0.4, 0.5) is 4.39 Å². The lowest BCUT2D eigenvalue weighted by Gasteiger charge is -2.26. The van der Waals surface area contributed by atoms with Crippen molar-refractivity contribution in [2.45, 2.75) is 32.4 Å². The van der Waals surface area contributed by atoms with Gasteiger partial charge in [-0.2, -0.15) is 5.10 Å². The zero-order valence-corrected chi connectivity index (χ0v) is 11.9. The Morgan fingerprint density at radius 1 is 1.45 bits per heavy atom. The molecular weight excluding hydrogens is 259 g/mol. The highest BCUT2D eigenvalue weighted by Gasteiger charge is 2.33. The number of nitrogens with zero attached hydrogens (tertiary/aromatic N) is 2. The third-order valence-corrected chi connectivity index (χ3v) is 3.31. The molecule has 5 heteroatoms. The molecule has 0 fully saturated rings. The molecule has 0 aliphatic carbocycles. The van der Waals surface area contributed by atoms with Crippen molar-refractivity contribution in [3.63, 3.8) is 0 Å². The molecule has 1 N–H and O–H groups in total. The monoisotopic (exact) mass is 278 g/mol. The molecule has 2 aromatic rings. The van der Waals surface area contributed by atoms with E-state index in [9.17, 15) is 9.50 Å². The van der Waals surface area contributed by atoms with Gasteiger partial charge in [-0.25, -0.2) is 4.39 Å². The Kier molecular flexibility index (Phi) is 4.09. The van der Waals surface area contributed by atoms with E-state index in [0.29, 0.717) is 23.6 Å². The predicted molar refractivity (Wildman–Crippen MR) is 74.1 cm³/mol. The minimum Gasteiger partial charge on any atom is -0.493 e. The number of aryl methyl sites for hydroxylation is 1. The highest BCUT2D eigenvalue weighted by Crippen LogP contribution is 2.35. The van der Waals surface area contributed by atoms with Gasteiger partial charge in [-0.1, -0.05) is 19.1 Å². The Labute approximate surface area is 117 Å². The molecule has 1 aromatic carbocycles. The van der Waals surface area contributed by atoms with Crippen LogP contribution < -0.4 is 4.74 Å². The third-order valence-electron chi connectivity index (χ3n) is 3.31. The molecule has 4 nitrogen and oxygen atoms in total. The van der Waals surface area contributed by atoms with Gasteiger partial charge >= 0.3 is 0 Å². The van der Waals surface area contributed by atoms with Crippen molar-refractivity contribution in [1.29, 1.82) is 0 Å². The SMILES string of the molecule is CCCn1ncc(OC)c1C(C)(O)c1cccc(F)c1. The molecule has 0 aliphatic rings. The molecule has 1 unspecified atom stereocenters. The Morgan fingerprint density at radius 2 is 2.20 bits per heavy atom. The summed E-state index contributed by atoms with van der Waals surface area (Å²) in [7, 11) is 1.53. The van der Waals surface area contributed by atoms with Crippen molar-refractivity contribution in [3.05, 3.63) is 47.5 Å². The molecule has 108 valence electrons. The number of aromatic nitrogens is 2. The van der Waals surface area contributed by atoms with Crippen LogP contribution in [0.3, 0.4) is 0 Å². The topological polar surface area (TPSA) is 47.3 Å². The van der Waals surface area contributed by atoms with Gasteiger partial charge in [0, 0.05) is 6.54 Å². The van der Waals surface area contributed by atoms with Crippen LogP contribution >= 0.6 is 0 Å². The summed E-state index contributed by atoms with van der Waals surface area (Å²) in [6, 6.07) is 5.93. The molecule has 0 radical (unpaired) electrons. The summed E-state index contributed by atoms with van der Waals surface area (Å²) in [6.07, 6.45) is 2.44. The van der Waals surface area contributed by atoms with Gasteiger partial charge in [-0.3, -0.25) is 4.68 Å². The van der Waals surface area contributed by atoms with Crippen molar-refractivity contribution in [1.82, 2.24) is 9.78 Å². The number of ether oxygens (including phenoxy) is 1. The molecule has 1 atom stereocenters. The van der Waals surface area contributed by atoms with Gasteiger partial charge in [0.1, 0.15) is 17.1 Å². The van der Waals surface area contributed by atoms with Crippen LogP contribution in [-0.4, -0.2) is 22.0 Å². The van der Waals surface area contributed by atoms with Crippen molar-refractivity contribution in [2.75, 3.05) is 7.11 Å². The molecule has 0 saturated carbocycles. The number of halogens is 1. The molecule has 2 rings (SSSR count). The second-order valence-electron chi connectivity index (χ2n) is 4.87. The van der Waals surface area contributed by atoms with Gasteiger partial charge in [-0.05, 0) is 31.0 Å². The molecule has 0 bridgehead atoms. The summed E-state index contributed by atoms with van der Waals surface area (Å²) in [5.41, 5.74) is -0.375. The fraction of sp³-hybridized carbons (Fsp3) is 0.400. The van der Waals surface area contributed by atoms with Crippen LogP contribution in [0.15, 0.2) is 30.5 Å². The van der Waals surface area contributed by atoms with Crippen LogP contribution in [-0.2, 0) is 12.1 Å². The Bertz CT molecular complexity index is 593. The zero-order valence-electron chi connectivity index (χ0n) is 11.9. The van der Waals surface area contributed by atoms with E-state index < -0.39 is 5.60 Å². The second kappa shape index (κ2) is 5.63. The summed E-state index contributed by atoms with van der Waals surface area (Å²) in [5.74, 6) is 0.107. The number of benzene rings is 1. The number of hydrogen-bond acceptors (Lipinski definition) is 3. The first-order valence-electron chi connectivity index (χ1n) is 6.59. The van der Waals surface area contributed by atoms with Crippen LogP contribution in [0.5, 0.6) is 5.75 Å². The summed E-state index contributed by atoms with van der Waals surface area (Å²) >= 11 is 0. The summed E-state index contributed by atoms with van der Waals surface area (Å²) < 4.78 is 20.4. The first kappa shape index (κ1) is 14.5. The van der Waals surface area contributed by atoms with E-state index >= 15 is 0 Å². The molecule has 1 heterocycles. The van der Waals surface area contributed by atoms with Crippen molar-refractivity contribution in [2.24, 2.45) is 0 Å². The number of aliphatic hydroxyl groups is 1. The van der Waals surface area contributed by atoms with Gasteiger partial charge in [0.05, 0.1) is 13.3 Å². The fourth-order valence-corrected chi connectivity index (χ4v) is 2.32. The van der Waals surface area contributed by atoms with Crippen molar-refractivity contribution < 1.29 is 14.2 Å². The van der Waals surface area contributed by atoms with E-state index in [-0.39, 0.29) is 5.82 Å². The van der Waals surface area contributed by atoms with Crippen molar-refractivity contribution >= 4 is 0 Å². The highest BCUT2D eigenvalue weighted by molar-refractivity contribution is 5.39. The summed E-state index contributed by atoms with van der Waals surface area (Å²) in [4.78, 5) is 0. The maximum atomic E-state index is 13.4. The minimum atomic E-state index is -1.38. The van der Waals surface area contributed by atoms with Crippen LogP contribution in [0.2, 0.25) is 0 Å². The second-order valence-corrected chi connectivity index (χ2v) is 4.87. The largest absolute Gasteiger partial charge is 0.493 e. The Balaban J connectivity index is 2.55. The van der Waals surface area contributed by atoms with Gasteiger partial charge in [0.25, 0.3) is 0 Å². The standard InChI is InChI=1S/C15H19FN2O2/c1-4-8-18-14(13(20-3)10-17-18)15(2,19)11-6-5-7-12(16)9-11/h5-7,9-10,19H,4,8H2,1-3H3. The molecule has 0 spiro atoms. The Hall–Kier alpha value is -1.88. The smallest absolute Gasteiger partial charge is 0.163 e.